The molecule has 4 aromatic rings. The number of carbonyl (C=O) groups is 1. The number of hydrogen-bond acceptors (Lipinski definition) is 3. The van der Waals surface area contributed by atoms with E-state index in [0.29, 0.717) is 33.2 Å². The van der Waals surface area contributed by atoms with Crippen LogP contribution in [0.3, 0.4) is 0 Å². The molecule has 8 heteroatoms. The Hall–Kier alpha value is -3.09. The lowest BCUT2D eigenvalue weighted by atomic mass is 9.87. The number of halogens is 3. The van der Waals surface area contributed by atoms with Gasteiger partial charge in [-0.05, 0) is 52.6 Å². The molecular weight excluding hydrogens is 529 g/mol. The molecule has 0 spiro atoms. The number of nitrogens with zero attached hydrogens (tertiary/aromatic N) is 1. The first-order valence-electron chi connectivity index (χ1n) is 11.9. The fourth-order valence-corrected chi connectivity index (χ4v) is 5.71. The van der Waals surface area contributed by atoms with Crippen LogP contribution in [-0.4, -0.2) is 42.7 Å². The minimum Gasteiger partial charge on any atom is -0.477 e. The number of carboxylic acid groups (broad SMARTS) is 1. The molecule has 1 heterocycles. The van der Waals surface area contributed by atoms with Crippen LogP contribution < -0.4 is 10.2 Å². The summed E-state index contributed by atoms with van der Waals surface area (Å²) < 4.78 is 0. The van der Waals surface area contributed by atoms with Crippen molar-refractivity contribution in [3.63, 3.8) is 0 Å². The maximum absolute atomic E-state index is 11.6. The standard InChI is InChI=1S/C29H24Cl3N3O2/c1-35(11-10-33-25-15-27(29(36)37)34-26-14-20(31)13-24(32)28(25)26)16-23-21-5-3-2-4-17(21)6-7-18-8-9-19(30)12-22(18)23/h2-9,12-15,23H,10-11,16H2,1H3,(H,33,34)(H,36,37)/p+1/t23-/m0/s1. The van der Waals surface area contributed by atoms with Crippen molar-refractivity contribution in [3.8, 4) is 0 Å². The fourth-order valence-electron chi connectivity index (χ4n) is 4.94. The number of carboxylic acids is 1. The Morgan fingerprint density at radius 1 is 0.973 bits per heavy atom. The second-order valence-electron chi connectivity index (χ2n) is 9.27. The van der Waals surface area contributed by atoms with Crippen LogP contribution >= 0.6 is 34.8 Å². The quantitative estimate of drug-likeness (QED) is 0.257. The normalized spacial score (nSPS) is 15.1. The van der Waals surface area contributed by atoms with Crippen LogP contribution in [0.25, 0.3) is 23.1 Å². The summed E-state index contributed by atoms with van der Waals surface area (Å²) in [7, 11) is 2.16. The average molecular weight is 554 g/mol. The number of pyridine rings is 1. The predicted molar refractivity (Wildman–Crippen MR) is 152 cm³/mol. The maximum Gasteiger partial charge on any atom is 0.354 e. The highest BCUT2D eigenvalue weighted by Crippen LogP contribution is 2.35. The van der Waals surface area contributed by atoms with Gasteiger partial charge in [0.2, 0.25) is 0 Å². The Labute approximate surface area is 230 Å². The predicted octanol–water partition coefficient (Wildman–Crippen LogP) is 6.14. The Kier molecular flexibility index (Phi) is 7.40. The zero-order chi connectivity index (χ0) is 26.1. The van der Waals surface area contributed by atoms with Gasteiger partial charge in [-0.1, -0.05) is 77.3 Å². The molecule has 188 valence electrons. The molecule has 0 radical (unpaired) electrons. The molecule has 37 heavy (non-hydrogen) atoms. The number of quaternary nitrogens is 1. The number of hydrogen-bond donors (Lipinski definition) is 3. The van der Waals surface area contributed by atoms with E-state index in [2.05, 4.69) is 65.9 Å². The summed E-state index contributed by atoms with van der Waals surface area (Å²) in [4.78, 5) is 17.2. The molecule has 3 aromatic carbocycles. The van der Waals surface area contributed by atoms with Crippen LogP contribution in [0.1, 0.15) is 38.7 Å². The van der Waals surface area contributed by atoms with Crippen LogP contribution in [0, 0.1) is 0 Å². The summed E-state index contributed by atoms with van der Waals surface area (Å²) in [6.45, 7) is 2.26. The summed E-state index contributed by atoms with van der Waals surface area (Å²) >= 11 is 19.0. The number of rotatable bonds is 7. The number of likely N-dealkylation sites (N-methyl/N-ethyl adjacent to an activating group) is 1. The van der Waals surface area contributed by atoms with Gasteiger partial charge in [0.25, 0.3) is 0 Å². The van der Waals surface area contributed by atoms with Crippen molar-refractivity contribution >= 4 is 69.5 Å². The third-order valence-electron chi connectivity index (χ3n) is 6.70. The lowest BCUT2D eigenvalue weighted by Gasteiger charge is -2.24. The molecular formula is C29H25Cl3N3O2+. The first kappa shape index (κ1) is 25.6. The van der Waals surface area contributed by atoms with E-state index >= 15 is 0 Å². The van der Waals surface area contributed by atoms with Crippen molar-refractivity contribution in [2.75, 3.05) is 32.0 Å². The molecule has 1 unspecified atom stereocenters. The summed E-state index contributed by atoms with van der Waals surface area (Å²) in [5.41, 5.74) is 5.88. The number of nitrogens with one attached hydrogen (secondary N) is 2. The van der Waals surface area contributed by atoms with Crippen LogP contribution in [0.5, 0.6) is 0 Å². The fraction of sp³-hybridized carbons (Fsp3) is 0.172. The second kappa shape index (κ2) is 10.7. The summed E-state index contributed by atoms with van der Waals surface area (Å²) in [5, 5.41) is 15.1. The van der Waals surface area contributed by atoms with Crippen LogP contribution in [0.4, 0.5) is 5.69 Å². The van der Waals surface area contributed by atoms with E-state index in [1.54, 1.807) is 12.1 Å². The van der Waals surface area contributed by atoms with E-state index in [0.717, 1.165) is 18.1 Å². The number of benzene rings is 3. The number of aromatic carboxylic acids is 1. The first-order chi connectivity index (χ1) is 17.8. The van der Waals surface area contributed by atoms with Crippen molar-refractivity contribution in [1.82, 2.24) is 4.98 Å². The number of fused-ring (bicyclic) bond motifs is 3. The van der Waals surface area contributed by atoms with Gasteiger partial charge >= 0.3 is 5.97 Å². The van der Waals surface area contributed by atoms with Crippen molar-refractivity contribution in [1.29, 1.82) is 0 Å². The summed E-state index contributed by atoms with van der Waals surface area (Å²) in [6.07, 6.45) is 4.33. The Morgan fingerprint density at radius 2 is 1.73 bits per heavy atom. The number of aromatic nitrogens is 1. The highest BCUT2D eigenvalue weighted by atomic mass is 35.5. The Bertz CT molecular complexity index is 1540. The van der Waals surface area contributed by atoms with Gasteiger partial charge < -0.3 is 15.3 Å². The van der Waals surface area contributed by atoms with Crippen LogP contribution in [-0.2, 0) is 0 Å². The van der Waals surface area contributed by atoms with Gasteiger partial charge in [0, 0.05) is 21.1 Å². The zero-order valence-corrected chi connectivity index (χ0v) is 22.3. The largest absolute Gasteiger partial charge is 0.477 e. The molecule has 0 saturated carbocycles. The van der Waals surface area contributed by atoms with Crippen molar-refractivity contribution in [2.45, 2.75) is 5.92 Å². The summed E-state index contributed by atoms with van der Waals surface area (Å²) in [6, 6.07) is 19.3. The third kappa shape index (κ3) is 5.46. The third-order valence-corrected chi connectivity index (χ3v) is 7.45. The minimum atomic E-state index is -1.11. The van der Waals surface area contributed by atoms with E-state index in [-0.39, 0.29) is 11.6 Å². The van der Waals surface area contributed by atoms with Gasteiger partial charge in [-0.15, -0.1) is 0 Å². The highest BCUT2D eigenvalue weighted by Gasteiger charge is 2.25. The minimum absolute atomic E-state index is 0.0647. The van der Waals surface area contributed by atoms with Crippen LogP contribution in [0.2, 0.25) is 15.1 Å². The molecule has 0 fully saturated rings. The molecule has 1 aliphatic rings. The van der Waals surface area contributed by atoms with Gasteiger partial charge in [0.15, 0.2) is 5.69 Å². The second-order valence-corrected chi connectivity index (χ2v) is 10.5. The smallest absolute Gasteiger partial charge is 0.354 e. The molecule has 5 rings (SSSR count). The topological polar surface area (TPSA) is 66.7 Å². The first-order valence-corrected chi connectivity index (χ1v) is 13.1. The molecule has 3 N–H and O–H groups in total. The van der Waals surface area contributed by atoms with Gasteiger partial charge in [-0.2, -0.15) is 0 Å². The van der Waals surface area contributed by atoms with Crippen molar-refractivity contribution in [3.05, 3.63) is 104 Å². The van der Waals surface area contributed by atoms with Crippen molar-refractivity contribution < 1.29 is 14.8 Å². The maximum atomic E-state index is 11.6. The Morgan fingerprint density at radius 3 is 2.51 bits per heavy atom. The Balaban J connectivity index is 1.37. The van der Waals surface area contributed by atoms with Crippen LogP contribution in [0.15, 0.2) is 60.7 Å². The molecule has 1 aromatic heterocycles. The van der Waals surface area contributed by atoms with E-state index in [1.165, 1.54) is 33.2 Å². The van der Waals surface area contributed by atoms with E-state index in [1.807, 2.05) is 6.07 Å². The monoisotopic (exact) mass is 552 g/mol. The summed E-state index contributed by atoms with van der Waals surface area (Å²) in [5.74, 6) is -0.932. The highest BCUT2D eigenvalue weighted by molar-refractivity contribution is 6.39. The zero-order valence-electron chi connectivity index (χ0n) is 20.1. The van der Waals surface area contributed by atoms with Crippen molar-refractivity contribution in [2.24, 2.45) is 0 Å². The molecule has 0 amide bonds. The average Bonchev–Trinajstić information content (AvgIpc) is 3.00. The van der Waals surface area contributed by atoms with Gasteiger partial charge in [-0.25, -0.2) is 9.78 Å². The molecule has 5 nitrogen and oxygen atoms in total. The van der Waals surface area contributed by atoms with Gasteiger partial charge in [-0.3, -0.25) is 0 Å². The molecule has 1 aliphatic carbocycles. The van der Waals surface area contributed by atoms with E-state index in [4.69, 9.17) is 34.8 Å². The SMILES string of the molecule is C[NH+](CCNc1cc(C(=O)O)nc2cc(Cl)cc(Cl)c12)C[C@H]1c2ccccc2C=Cc2ccc(Cl)cc21. The molecule has 0 bridgehead atoms. The van der Waals surface area contributed by atoms with Gasteiger partial charge in [0.1, 0.15) is 0 Å². The number of anilines is 1. The van der Waals surface area contributed by atoms with E-state index < -0.39 is 5.97 Å². The molecule has 0 aliphatic heterocycles. The van der Waals surface area contributed by atoms with Gasteiger partial charge in [0.05, 0.1) is 43.1 Å². The molecule has 2 atom stereocenters. The lowest BCUT2D eigenvalue weighted by Crippen LogP contribution is -3.10. The lowest BCUT2D eigenvalue weighted by molar-refractivity contribution is -0.878. The van der Waals surface area contributed by atoms with E-state index in [9.17, 15) is 9.90 Å². The molecule has 0 saturated heterocycles.